The Balaban J connectivity index is 1.37. The van der Waals surface area contributed by atoms with E-state index in [2.05, 4.69) is 84.1 Å². The molecule has 5 rings (SSSR count). The van der Waals surface area contributed by atoms with E-state index in [1.165, 1.54) is 13.1 Å². The zero-order chi connectivity index (χ0) is 85.5. The Labute approximate surface area is 658 Å². The highest BCUT2D eigenvalue weighted by molar-refractivity contribution is 6.01. The number of para-hydroxylation sites is 1. The molecule has 2 aromatic heterocycles. The molecule has 42 nitrogen and oxygen atoms in total. The van der Waals surface area contributed by atoms with Gasteiger partial charge in [-0.25, -0.2) is 9.78 Å². The lowest BCUT2D eigenvalue weighted by molar-refractivity contribution is -0.144. The fourth-order valence-electron chi connectivity index (χ4n) is 12.1. The van der Waals surface area contributed by atoms with Gasteiger partial charge in [-0.1, -0.05) is 82.6 Å². The number of benzene rings is 2. The quantitative estimate of drug-likeness (QED) is 0.0196. The Morgan fingerprint density at radius 1 is 0.461 bits per heavy atom. The number of rotatable bonds is 49. The molecular weight excluding hydrogens is 1510 g/mol. The van der Waals surface area contributed by atoms with Crippen molar-refractivity contribution < 1.29 is 117 Å². The number of carboxylic acid groups (broad SMARTS) is 4. The van der Waals surface area contributed by atoms with Gasteiger partial charge < -0.3 is 121 Å². The molecule has 4 aromatic rings. The molecular formula is C73H102N18O24. The lowest BCUT2D eigenvalue weighted by atomic mass is 9.96. The number of fused-ring (bicyclic) bond motifs is 1. The normalized spacial score (nSPS) is 16.4. The summed E-state index contributed by atoms with van der Waals surface area (Å²) in [6.07, 6.45) is -6.30. The number of H-pyrrole nitrogens is 2. The van der Waals surface area contributed by atoms with Crippen LogP contribution in [0.15, 0.2) is 73.3 Å². The maximum absolute atomic E-state index is 14.6. The van der Waals surface area contributed by atoms with Crippen LogP contribution >= 0.6 is 0 Å². The predicted molar refractivity (Wildman–Crippen MR) is 402 cm³/mol. The van der Waals surface area contributed by atoms with Gasteiger partial charge in [0.15, 0.2) is 0 Å². The average molecular weight is 1620 g/mol. The molecule has 0 radical (unpaired) electrons. The van der Waals surface area contributed by atoms with Crippen LogP contribution in [0.5, 0.6) is 0 Å². The second-order valence-corrected chi connectivity index (χ2v) is 28.2. The molecule has 0 saturated carbocycles. The number of primary amides is 2. The van der Waals surface area contributed by atoms with E-state index in [0.717, 1.165) is 20.2 Å². The number of aliphatic hydroxyl groups is 2. The Kier molecular flexibility index (Phi) is 36.7. The fraction of sp³-hybridized carbons (Fsp3) is 0.521. The van der Waals surface area contributed by atoms with E-state index in [4.69, 9.17) is 11.5 Å². The predicted octanol–water partition coefficient (Wildman–Crippen LogP) is -5.62. The minimum atomic E-state index is -2.26. The van der Waals surface area contributed by atoms with Gasteiger partial charge in [0.1, 0.15) is 72.5 Å². The molecule has 2 aromatic carbocycles. The summed E-state index contributed by atoms with van der Waals surface area (Å²) in [6.45, 7) is 8.86. The van der Waals surface area contributed by atoms with Gasteiger partial charge in [-0.05, 0) is 81.5 Å². The van der Waals surface area contributed by atoms with E-state index in [9.17, 15) is 117 Å². The molecule has 0 aliphatic carbocycles. The minimum Gasteiger partial charge on any atom is -0.481 e. The number of nitrogens with zero attached hydrogens (tertiary/aromatic N) is 1. The topological polar surface area (TPSA) is 682 Å². The van der Waals surface area contributed by atoms with Crippen molar-refractivity contribution >= 4 is 117 Å². The number of nitrogens with one attached hydrogen (secondary N) is 15. The van der Waals surface area contributed by atoms with Crippen molar-refractivity contribution in [2.75, 3.05) is 6.54 Å². The Morgan fingerprint density at radius 3 is 1.35 bits per heavy atom. The van der Waals surface area contributed by atoms with Crippen LogP contribution < -0.4 is 80.6 Å². The highest BCUT2D eigenvalue weighted by atomic mass is 16.4. The first kappa shape index (κ1) is 93.1. The Bertz CT molecular complexity index is 4110. The Hall–Kier alpha value is -12.5. The van der Waals surface area contributed by atoms with Crippen molar-refractivity contribution in [3.05, 3.63) is 90.1 Å². The molecule has 0 spiro atoms. The Morgan fingerprint density at radius 2 is 0.878 bits per heavy atom. The third-order valence-electron chi connectivity index (χ3n) is 18.7. The second kappa shape index (κ2) is 45.3. The molecule has 1 aliphatic rings. The summed E-state index contributed by atoms with van der Waals surface area (Å²) in [6, 6.07) is -7.53. The van der Waals surface area contributed by atoms with E-state index in [1.807, 2.05) is 0 Å². The van der Waals surface area contributed by atoms with Gasteiger partial charge in [-0.15, -0.1) is 0 Å². The van der Waals surface area contributed by atoms with Crippen LogP contribution in [-0.4, -0.2) is 249 Å². The summed E-state index contributed by atoms with van der Waals surface area (Å²) in [4.78, 5) is 253. The number of carbonyl (C=O) groups excluding carboxylic acids is 14. The molecule has 16 atom stereocenters. The first-order valence-electron chi connectivity index (χ1n) is 37.0. The smallest absolute Gasteiger partial charge is 0.326 e. The van der Waals surface area contributed by atoms with Crippen LogP contribution in [0.25, 0.3) is 10.9 Å². The fourth-order valence-corrected chi connectivity index (χ4v) is 12.1. The van der Waals surface area contributed by atoms with Gasteiger partial charge in [0, 0.05) is 67.5 Å². The number of hydrogen-bond acceptors (Lipinski definition) is 22. The first-order valence-corrected chi connectivity index (χ1v) is 37.0. The van der Waals surface area contributed by atoms with Gasteiger partial charge >= 0.3 is 23.9 Å². The van der Waals surface area contributed by atoms with Gasteiger partial charge in [0.25, 0.3) is 0 Å². The minimum absolute atomic E-state index is 0.101. The number of aromatic nitrogens is 3. The first-order chi connectivity index (χ1) is 54.3. The highest BCUT2D eigenvalue weighted by Gasteiger charge is 2.41. The van der Waals surface area contributed by atoms with E-state index < -0.39 is 267 Å². The number of aliphatic hydroxyl groups excluding tert-OH is 2. The summed E-state index contributed by atoms with van der Waals surface area (Å²) in [5, 5.41) is 93.3. The van der Waals surface area contributed by atoms with Crippen LogP contribution in [-0.2, 0) is 106 Å². The molecule has 1 fully saturated rings. The van der Waals surface area contributed by atoms with Crippen molar-refractivity contribution in [1.82, 2.24) is 84.1 Å². The molecule has 3 heterocycles. The van der Waals surface area contributed by atoms with Crippen molar-refractivity contribution in [3.63, 3.8) is 0 Å². The lowest BCUT2D eigenvalue weighted by Gasteiger charge is -2.30. The number of hydrogen-bond donors (Lipinski definition) is 23. The number of nitrogens with two attached hydrogens (primary N) is 2. The summed E-state index contributed by atoms with van der Waals surface area (Å²) in [5.41, 5.74) is 12.7. The van der Waals surface area contributed by atoms with Gasteiger partial charge in [0.2, 0.25) is 82.7 Å². The third-order valence-corrected chi connectivity index (χ3v) is 18.7. The van der Waals surface area contributed by atoms with Crippen molar-refractivity contribution in [1.29, 1.82) is 0 Å². The van der Waals surface area contributed by atoms with Gasteiger partial charge in [-0.3, -0.25) is 81.5 Å². The maximum Gasteiger partial charge on any atom is 0.326 e. The largest absolute Gasteiger partial charge is 0.481 e. The van der Waals surface area contributed by atoms with E-state index in [1.54, 1.807) is 81.6 Å². The molecule has 0 unspecified atom stereocenters. The summed E-state index contributed by atoms with van der Waals surface area (Å²) >= 11 is 0. The standard InChI is InChI=1S/C73H102N18O24/c1-7-35(4)58(70(111)91-60(37(6)93)72(113)87-48(68(109)88-57(34(2)3)73(114)115)27-39-31-78-42-17-12-11-16-41(39)42)89-64(105)45(20-23-53(75)95)82-71(112)59(36(5)92)90-69(110)49(28-40-32-76-33-79-40)84-62(103)44(19-22-52(74)94)80-66(107)50(29-55(98)99)85-63(104)46(21-24-54(96)97)81-67(108)51(30-56(100)101)86-65(106)47(26-38-14-9-8-10-15-38)83-61(102)43-18-13-25-77-43/h8-12,14-17,31-37,43-51,57-60,77-78,92-93H,7,13,18-30H2,1-6H3,(H2,74,94)(H2,75,95)(H,76,79)(H,80,107)(H,81,108)(H,82,112)(H,83,102)(H,84,103)(H,85,104)(H,86,106)(H,87,113)(H,88,109)(H,89,105)(H,90,110)(H,91,111)(H,96,97)(H,98,99)(H,100,101)(H,114,115)/t35-,36+,37+,43-,44-,45-,46-,47-,48-,49-,50-,51-,57-,58-,59-,60-/m0/s1. The zero-order valence-corrected chi connectivity index (χ0v) is 64.0. The SMILES string of the molecule is CC[C@H](C)[C@H](NC(=O)[C@H](CCC(N)=O)NC(=O)[C@@H](NC(=O)[C@H](Cc1cnc[nH]1)NC(=O)[C@H](CCC(N)=O)NC(=O)[C@H](CC(=O)O)NC(=O)[C@H](CCC(=O)O)NC(=O)[C@H](CC(=O)O)NC(=O)[C@H](Cc1ccccc1)NC(=O)[C@@H]1CCCN1)[C@@H](C)O)C(=O)N[C@H](C(=O)N[C@@H](Cc1c[nH]c2ccccc12)C(=O)N[C@H](C(=O)O)C(C)C)[C@@H](C)O. The number of imidazole rings is 1. The molecule has 14 amide bonds. The summed E-state index contributed by atoms with van der Waals surface area (Å²) in [5.74, 6) is -24.3. The molecule has 42 heteroatoms. The van der Waals surface area contributed by atoms with Gasteiger partial charge in [0.05, 0.1) is 37.4 Å². The molecule has 628 valence electrons. The van der Waals surface area contributed by atoms with Crippen molar-refractivity contribution in [3.8, 4) is 0 Å². The summed E-state index contributed by atoms with van der Waals surface area (Å²) in [7, 11) is 0. The van der Waals surface area contributed by atoms with Crippen LogP contribution in [0.2, 0.25) is 0 Å². The number of carboxylic acids is 4. The number of amides is 14. The molecule has 1 saturated heterocycles. The van der Waals surface area contributed by atoms with Crippen LogP contribution in [0.1, 0.15) is 129 Å². The molecule has 25 N–H and O–H groups in total. The van der Waals surface area contributed by atoms with Crippen LogP contribution in [0.3, 0.4) is 0 Å². The van der Waals surface area contributed by atoms with Gasteiger partial charge in [-0.2, -0.15) is 0 Å². The van der Waals surface area contributed by atoms with E-state index in [0.29, 0.717) is 41.4 Å². The molecule has 0 bridgehead atoms. The van der Waals surface area contributed by atoms with Crippen molar-refractivity contribution in [2.24, 2.45) is 23.3 Å². The number of carbonyl (C=O) groups is 18. The van der Waals surface area contributed by atoms with E-state index in [-0.39, 0.29) is 25.0 Å². The summed E-state index contributed by atoms with van der Waals surface area (Å²) < 4.78 is 0. The average Bonchev–Trinajstić information content (AvgIpc) is 1.75. The van der Waals surface area contributed by atoms with E-state index >= 15 is 0 Å². The maximum atomic E-state index is 14.6. The van der Waals surface area contributed by atoms with Crippen molar-refractivity contribution in [2.45, 2.75) is 222 Å². The van der Waals surface area contributed by atoms with Crippen LogP contribution in [0, 0.1) is 11.8 Å². The zero-order valence-electron chi connectivity index (χ0n) is 64.0. The molecule has 1 aliphatic heterocycles. The third kappa shape index (κ3) is 30.2. The monoisotopic (exact) mass is 1610 g/mol. The lowest BCUT2D eigenvalue weighted by Crippen LogP contribution is -2.63. The number of aromatic amines is 2. The van der Waals surface area contributed by atoms with Crippen LogP contribution in [0.4, 0.5) is 0 Å². The number of aliphatic carboxylic acids is 4. The highest BCUT2D eigenvalue weighted by Crippen LogP contribution is 2.21. The molecule has 115 heavy (non-hydrogen) atoms. The second-order valence-electron chi connectivity index (χ2n) is 28.2.